The van der Waals surface area contributed by atoms with Crippen molar-refractivity contribution in [1.82, 2.24) is 24.7 Å². The summed E-state index contributed by atoms with van der Waals surface area (Å²) in [4.78, 5) is 30.8. The van der Waals surface area contributed by atoms with Crippen LogP contribution in [-0.4, -0.2) is 57.1 Å². The van der Waals surface area contributed by atoms with E-state index in [0.717, 1.165) is 43.3 Å². The Morgan fingerprint density at radius 3 is 2.90 bits per heavy atom. The van der Waals surface area contributed by atoms with Crippen molar-refractivity contribution >= 4 is 29.0 Å². The Morgan fingerprint density at radius 1 is 1.19 bits per heavy atom. The van der Waals surface area contributed by atoms with E-state index < -0.39 is 0 Å². The summed E-state index contributed by atoms with van der Waals surface area (Å²) in [6, 6.07) is 1.92. The van der Waals surface area contributed by atoms with E-state index in [0.29, 0.717) is 23.5 Å². The van der Waals surface area contributed by atoms with Crippen molar-refractivity contribution in [3.8, 4) is 0 Å². The number of urea groups is 1. The molecule has 1 saturated carbocycles. The fourth-order valence-electron chi connectivity index (χ4n) is 4.84. The third kappa shape index (κ3) is 3.11. The maximum Gasteiger partial charge on any atom is 0.327 e. The summed E-state index contributed by atoms with van der Waals surface area (Å²) in [5.41, 5.74) is 5.01. The molecule has 3 aromatic heterocycles. The summed E-state index contributed by atoms with van der Waals surface area (Å²) in [5.74, 6) is 1.40. The molecule has 1 spiro atoms. The van der Waals surface area contributed by atoms with Gasteiger partial charge in [-0.3, -0.25) is 9.30 Å². The smallest absolute Gasteiger partial charge is 0.327 e. The minimum atomic E-state index is -0.177. The molecule has 0 aromatic carbocycles. The molecule has 0 atom stereocenters. The van der Waals surface area contributed by atoms with Gasteiger partial charge in [-0.25, -0.2) is 19.7 Å². The standard InChI is InChI=1S/C22H26N8O/c1-14-11-29-12-17(15(2)26-20(29)25-14)27-21(31)30-9-4-16-18(3-7-23-19(16)30)28-10-8-24-22(13-28)5-6-22/h3,7,11-12,24H,4-6,8-10,13H2,1-2H3,(H,27,31). The molecule has 0 unspecified atom stereocenters. The molecule has 5 heterocycles. The van der Waals surface area contributed by atoms with Gasteiger partial charge < -0.3 is 15.5 Å². The Balaban J connectivity index is 1.26. The highest BCUT2D eigenvalue weighted by atomic mass is 16.2. The van der Waals surface area contributed by atoms with E-state index in [-0.39, 0.29) is 6.03 Å². The highest BCUT2D eigenvalue weighted by Gasteiger charge is 2.46. The van der Waals surface area contributed by atoms with Gasteiger partial charge in [0.05, 0.1) is 17.1 Å². The molecule has 2 aliphatic heterocycles. The highest BCUT2D eigenvalue weighted by molar-refractivity contribution is 6.03. The number of hydrogen-bond donors (Lipinski definition) is 2. The van der Waals surface area contributed by atoms with Gasteiger partial charge in [-0.2, -0.15) is 0 Å². The van der Waals surface area contributed by atoms with Gasteiger partial charge in [-0.15, -0.1) is 0 Å². The van der Waals surface area contributed by atoms with Crippen molar-refractivity contribution in [3.63, 3.8) is 0 Å². The Labute approximate surface area is 180 Å². The van der Waals surface area contributed by atoms with Gasteiger partial charge in [0.25, 0.3) is 0 Å². The van der Waals surface area contributed by atoms with E-state index in [9.17, 15) is 4.79 Å². The van der Waals surface area contributed by atoms with Crippen LogP contribution in [0.4, 0.5) is 22.0 Å². The quantitative estimate of drug-likeness (QED) is 0.664. The molecule has 9 heteroatoms. The van der Waals surface area contributed by atoms with Crippen LogP contribution in [0, 0.1) is 13.8 Å². The molecule has 2 amide bonds. The summed E-state index contributed by atoms with van der Waals surface area (Å²) >= 11 is 0. The average Bonchev–Trinajstić information content (AvgIpc) is 3.18. The van der Waals surface area contributed by atoms with Crippen LogP contribution in [0.2, 0.25) is 0 Å². The molecule has 3 aromatic rings. The van der Waals surface area contributed by atoms with Crippen LogP contribution in [0.25, 0.3) is 5.78 Å². The van der Waals surface area contributed by atoms with Crippen LogP contribution < -0.4 is 20.4 Å². The number of imidazole rings is 1. The SMILES string of the molecule is Cc1cn2cc(NC(=O)N3CCc4c(N5CCNC6(CC6)C5)ccnc43)c(C)nc2n1. The molecular formula is C22H26N8O. The van der Waals surface area contributed by atoms with Crippen LogP contribution in [0.15, 0.2) is 24.7 Å². The predicted octanol–water partition coefficient (Wildman–Crippen LogP) is 2.28. The Morgan fingerprint density at radius 2 is 2.06 bits per heavy atom. The molecule has 31 heavy (non-hydrogen) atoms. The minimum absolute atomic E-state index is 0.177. The first-order valence-corrected chi connectivity index (χ1v) is 10.9. The molecule has 0 radical (unpaired) electrons. The number of aryl methyl sites for hydroxylation is 2. The fourth-order valence-corrected chi connectivity index (χ4v) is 4.84. The second-order valence-electron chi connectivity index (χ2n) is 8.92. The summed E-state index contributed by atoms with van der Waals surface area (Å²) in [6.45, 7) is 7.46. The van der Waals surface area contributed by atoms with Gasteiger partial charge in [-0.05, 0) is 39.2 Å². The molecular weight excluding hydrogens is 392 g/mol. The summed E-state index contributed by atoms with van der Waals surface area (Å²) in [5, 5.41) is 6.70. The number of rotatable bonds is 2. The largest absolute Gasteiger partial charge is 0.368 e. The number of anilines is 3. The maximum absolute atomic E-state index is 13.2. The zero-order valence-corrected chi connectivity index (χ0v) is 17.9. The molecule has 3 aliphatic rings. The number of fused-ring (bicyclic) bond motifs is 2. The van der Waals surface area contributed by atoms with Crippen molar-refractivity contribution < 1.29 is 4.79 Å². The number of pyridine rings is 1. The van der Waals surface area contributed by atoms with E-state index in [1.54, 1.807) is 4.90 Å². The highest BCUT2D eigenvalue weighted by Crippen LogP contribution is 2.41. The number of nitrogens with zero attached hydrogens (tertiary/aromatic N) is 6. The van der Waals surface area contributed by atoms with Gasteiger partial charge >= 0.3 is 6.03 Å². The fraction of sp³-hybridized carbons (Fsp3) is 0.455. The first-order valence-electron chi connectivity index (χ1n) is 10.9. The van der Waals surface area contributed by atoms with Crippen LogP contribution in [-0.2, 0) is 6.42 Å². The predicted molar refractivity (Wildman–Crippen MR) is 119 cm³/mol. The van der Waals surface area contributed by atoms with Crippen molar-refractivity contribution in [3.05, 3.63) is 41.6 Å². The summed E-state index contributed by atoms with van der Waals surface area (Å²) in [7, 11) is 0. The molecule has 160 valence electrons. The lowest BCUT2D eigenvalue weighted by molar-refractivity contribution is 0.257. The van der Waals surface area contributed by atoms with Gasteiger partial charge in [0, 0.05) is 61.6 Å². The minimum Gasteiger partial charge on any atom is -0.368 e. The number of nitrogens with one attached hydrogen (secondary N) is 2. The number of amides is 2. The topological polar surface area (TPSA) is 90.7 Å². The van der Waals surface area contributed by atoms with E-state index >= 15 is 0 Å². The van der Waals surface area contributed by atoms with Crippen LogP contribution in [0.1, 0.15) is 29.8 Å². The van der Waals surface area contributed by atoms with Gasteiger partial charge in [0.15, 0.2) is 0 Å². The third-order valence-corrected chi connectivity index (χ3v) is 6.66. The Hall–Kier alpha value is -3.20. The molecule has 9 nitrogen and oxygen atoms in total. The third-order valence-electron chi connectivity index (χ3n) is 6.66. The average molecular weight is 419 g/mol. The lowest BCUT2D eigenvalue weighted by Crippen LogP contribution is -2.52. The molecule has 1 aliphatic carbocycles. The van der Waals surface area contributed by atoms with Crippen LogP contribution >= 0.6 is 0 Å². The number of hydrogen-bond acceptors (Lipinski definition) is 6. The van der Waals surface area contributed by atoms with E-state index in [2.05, 4.69) is 36.6 Å². The Bertz CT molecular complexity index is 1200. The van der Waals surface area contributed by atoms with Crippen LogP contribution in [0.3, 0.4) is 0 Å². The van der Waals surface area contributed by atoms with Gasteiger partial charge in [0.1, 0.15) is 5.82 Å². The lowest BCUT2D eigenvalue weighted by Gasteiger charge is -2.36. The number of aromatic nitrogens is 4. The van der Waals surface area contributed by atoms with E-state index in [1.807, 2.05) is 36.8 Å². The number of piperazine rings is 1. The van der Waals surface area contributed by atoms with Gasteiger partial charge in [0.2, 0.25) is 5.78 Å². The van der Waals surface area contributed by atoms with Gasteiger partial charge in [-0.1, -0.05) is 0 Å². The first-order chi connectivity index (χ1) is 15.0. The first kappa shape index (κ1) is 18.6. The maximum atomic E-state index is 13.2. The summed E-state index contributed by atoms with van der Waals surface area (Å²) < 4.78 is 1.84. The van der Waals surface area contributed by atoms with E-state index in [4.69, 9.17) is 0 Å². The second-order valence-corrected chi connectivity index (χ2v) is 8.92. The number of carbonyl (C=O) groups is 1. The zero-order chi connectivity index (χ0) is 21.2. The lowest BCUT2D eigenvalue weighted by atomic mass is 10.1. The zero-order valence-electron chi connectivity index (χ0n) is 17.9. The number of carbonyl (C=O) groups excluding carboxylic acids is 1. The monoisotopic (exact) mass is 418 g/mol. The molecule has 2 fully saturated rings. The van der Waals surface area contributed by atoms with E-state index in [1.165, 1.54) is 24.1 Å². The molecule has 0 bridgehead atoms. The molecule has 2 N–H and O–H groups in total. The second kappa shape index (κ2) is 6.65. The summed E-state index contributed by atoms with van der Waals surface area (Å²) in [6.07, 6.45) is 8.91. The van der Waals surface area contributed by atoms with Crippen LogP contribution in [0.5, 0.6) is 0 Å². The van der Waals surface area contributed by atoms with Crippen molar-refractivity contribution in [2.75, 3.05) is 41.3 Å². The Kier molecular flexibility index (Phi) is 3.98. The molecule has 1 saturated heterocycles. The van der Waals surface area contributed by atoms with Crippen molar-refractivity contribution in [2.45, 2.75) is 38.6 Å². The van der Waals surface area contributed by atoms with Crippen molar-refractivity contribution in [1.29, 1.82) is 0 Å². The molecule has 6 rings (SSSR count). The van der Waals surface area contributed by atoms with Crippen molar-refractivity contribution in [2.24, 2.45) is 0 Å². The normalized spacial score (nSPS) is 19.2.